The smallest absolute Gasteiger partial charge is 0.179 e. The van der Waals surface area contributed by atoms with Gasteiger partial charge in [0.2, 0.25) is 0 Å². The number of aliphatic hydroxyl groups is 1. The number of rotatable bonds is 6. The van der Waals surface area contributed by atoms with Crippen molar-refractivity contribution in [3.63, 3.8) is 0 Å². The lowest BCUT2D eigenvalue weighted by Crippen LogP contribution is -2.42. The van der Waals surface area contributed by atoms with Crippen LogP contribution < -0.4 is 4.74 Å². The molecule has 28 heavy (non-hydrogen) atoms. The molecule has 2 aromatic rings. The zero-order valence-electron chi connectivity index (χ0n) is 16.9. The zero-order valence-corrected chi connectivity index (χ0v) is 17.7. The number of aliphatic hydroxyl groups excluding tert-OH is 1. The predicted octanol–water partition coefficient (Wildman–Crippen LogP) is 4.56. The Morgan fingerprint density at radius 2 is 1.86 bits per heavy atom. The van der Waals surface area contributed by atoms with Gasteiger partial charge in [-0.05, 0) is 42.2 Å². The maximum atomic E-state index is 13.4. The van der Waals surface area contributed by atoms with Gasteiger partial charge in [0.1, 0.15) is 5.75 Å². The summed E-state index contributed by atoms with van der Waals surface area (Å²) in [5, 5.41) is 11.7. The van der Waals surface area contributed by atoms with Gasteiger partial charge in [0.05, 0.1) is 23.9 Å². The van der Waals surface area contributed by atoms with Gasteiger partial charge in [0.15, 0.2) is 9.84 Å². The van der Waals surface area contributed by atoms with Gasteiger partial charge in [-0.1, -0.05) is 57.0 Å². The van der Waals surface area contributed by atoms with Crippen molar-refractivity contribution in [2.75, 3.05) is 12.9 Å². The van der Waals surface area contributed by atoms with Crippen LogP contribution in [-0.4, -0.2) is 32.5 Å². The van der Waals surface area contributed by atoms with Crippen molar-refractivity contribution in [2.24, 2.45) is 5.41 Å². The lowest BCUT2D eigenvalue weighted by atomic mass is 9.69. The molecule has 2 aromatic carbocycles. The van der Waals surface area contributed by atoms with Crippen LogP contribution in [-0.2, 0) is 9.84 Å². The normalized spacial score (nSPS) is 26.3. The Morgan fingerprint density at radius 1 is 1.14 bits per heavy atom. The number of methoxy groups -OCH3 is 1. The molecule has 2 unspecified atom stereocenters. The Balaban J connectivity index is 2.29. The third-order valence-corrected chi connectivity index (χ3v) is 8.20. The summed E-state index contributed by atoms with van der Waals surface area (Å²) in [6.45, 7) is 4.09. The summed E-state index contributed by atoms with van der Waals surface area (Å²) in [5.41, 5.74) is 0.877. The van der Waals surface area contributed by atoms with E-state index in [0.717, 1.165) is 18.4 Å². The van der Waals surface area contributed by atoms with Gasteiger partial charge >= 0.3 is 0 Å². The number of unbranched alkanes of at least 4 members (excludes halogenated alkanes) is 1. The van der Waals surface area contributed by atoms with Gasteiger partial charge < -0.3 is 9.84 Å². The number of sulfone groups is 1. The van der Waals surface area contributed by atoms with Gasteiger partial charge in [-0.2, -0.15) is 0 Å². The Morgan fingerprint density at radius 3 is 2.46 bits per heavy atom. The van der Waals surface area contributed by atoms with Crippen molar-refractivity contribution in [3.8, 4) is 5.75 Å². The van der Waals surface area contributed by atoms with Crippen LogP contribution in [0.2, 0.25) is 0 Å². The Labute approximate surface area is 168 Å². The van der Waals surface area contributed by atoms with Gasteiger partial charge in [0, 0.05) is 11.3 Å². The van der Waals surface area contributed by atoms with E-state index in [2.05, 4.69) is 6.92 Å². The molecule has 0 saturated heterocycles. The predicted molar refractivity (Wildman–Crippen MR) is 112 cm³/mol. The molecule has 3 atom stereocenters. The summed E-state index contributed by atoms with van der Waals surface area (Å²) >= 11 is 0. The highest BCUT2D eigenvalue weighted by Crippen LogP contribution is 2.49. The second kappa shape index (κ2) is 8.26. The summed E-state index contributed by atoms with van der Waals surface area (Å²) in [6.07, 6.45) is 2.36. The summed E-state index contributed by atoms with van der Waals surface area (Å²) in [6, 6.07) is 14.8. The van der Waals surface area contributed by atoms with Crippen LogP contribution in [0.5, 0.6) is 5.75 Å². The van der Waals surface area contributed by atoms with Crippen LogP contribution >= 0.6 is 0 Å². The van der Waals surface area contributed by atoms with Crippen LogP contribution in [0.3, 0.4) is 0 Å². The molecule has 0 aliphatic carbocycles. The molecule has 1 aliphatic heterocycles. The Bertz CT molecular complexity index is 907. The van der Waals surface area contributed by atoms with E-state index in [1.807, 2.05) is 37.3 Å². The monoisotopic (exact) mass is 402 g/mol. The van der Waals surface area contributed by atoms with Crippen molar-refractivity contribution >= 4 is 9.84 Å². The third kappa shape index (κ3) is 3.70. The number of fused-ring (bicyclic) bond motifs is 1. The number of benzene rings is 2. The van der Waals surface area contributed by atoms with Crippen molar-refractivity contribution in [3.05, 3.63) is 59.7 Å². The quantitative estimate of drug-likeness (QED) is 0.769. The highest BCUT2D eigenvalue weighted by Gasteiger charge is 2.48. The summed E-state index contributed by atoms with van der Waals surface area (Å²) < 4.78 is 32.2. The maximum Gasteiger partial charge on any atom is 0.179 e. The first kappa shape index (κ1) is 20.9. The Kier molecular flexibility index (Phi) is 6.15. The first-order valence-corrected chi connectivity index (χ1v) is 11.7. The maximum absolute atomic E-state index is 13.4. The molecule has 0 saturated carbocycles. The SMILES string of the molecule is CCCC[C@]1(CC)CS(=O)(=O)c2ccc(OC)cc2C(c2ccccc2)C1O. The molecular weight excluding hydrogens is 372 g/mol. The number of hydrogen-bond donors (Lipinski definition) is 1. The van der Waals surface area contributed by atoms with E-state index in [1.165, 1.54) is 0 Å². The highest BCUT2D eigenvalue weighted by molar-refractivity contribution is 7.91. The van der Waals surface area contributed by atoms with Crippen LogP contribution in [0.15, 0.2) is 53.4 Å². The van der Waals surface area contributed by atoms with Crippen LogP contribution in [0.4, 0.5) is 0 Å². The molecule has 4 nitrogen and oxygen atoms in total. The van der Waals surface area contributed by atoms with Crippen molar-refractivity contribution < 1.29 is 18.3 Å². The van der Waals surface area contributed by atoms with E-state index in [0.29, 0.717) is 29.1 Å². The molecule has 1 heterocycles. The molecule has 1 N–H and O–H groups in total. The van der Waals surface area contributed by atoms with Gasteiger partial charge in [0.25, 0.3) is 0 Å². The molecule has 1 aliphatic rings. The average molecular weight is 403 g/mol. The van der Waals surface area contributed by atoms with Crippen molar-refractivity contribution in [1.29, 1.82) is 0 Å². The molecule has 0 bridgehead atoms. The lowest BCUT2D eigenvalue weighted by Gasteiger charge is -2.39. The number of ether oxygens (including phenoxy) is 1. The summed E-state index contributed by atoms with van der Waals surface area (Å²) in [4.78, 5) is 0.313. The molecular formula is C23H30O4S. The molecule has 0 spiro atoms. The molecule has 3 rings (SSSR count). The van der Waals surface area contributed by atoms with E-state index in [-0.39, 0.29) is 5.75 Å². The minimum Gasteiger partial charge on any atom is -0.497 e. The van der Waals surface area contributed by atoms with Crippen LogP contribution in [0, 0.1) is 5.41 Å². The fourth-order valence-corrected chi connectivity index (χ4v) is 6.76. The van der Waals surface area contributed by atoms with E-state index >= 15 is 0 Å². The second-order valence-corrected chi connectivity index (χ2v) is 9.77. The largest absolute Gasteiger partial charge is 0.497 e. The van der Waals surface area contributed by atoms with E-state index < -0.39 is 27.3 Å². The molecule has 0 radical (unpaired) electrons. The van der Waals surface area contributed by atoms with Gasteiger partial charge in [-0.15, -0.1) is 0 Å². The molecule has 0 amide bonds. The summed E-state index contributed by atoms with van der Waals surface area (Å²) in [5.74, 6) is 0.153. The van der Waals surface area contributed by atoms with E-state index in [1.54, 1.807) is 25.3 Å². The minimum atomic E-state index is -3.54. The van der Waals surface area contributed by atoms with Gasteiger partial charge in [-0.25, -0.2) is 8.42 Å². The number of hydrogen-bond acceptors (Lipinski definition) is 4. The van der Waals surface area contributed by atoms with E-state index in [9.17, 15) is 13.5 Å². The fraction of sp³-hybridized carbons (Fsp3) is 0.478. The minimum absolute atomic E-state index is 0.0275. The molecule has 152 valence electrons. The second-order valence-electron chi connectivity index (χ2n) is 7.82. The average Bonchev–Trinajstić information content (AvgIpc) is 2.78. The first-order chi connectivity index (χ1) is 13.4. The van der Waals surface area contributed by atoms with Crippen LogP contribution in [0.25, 0.3) is 0 Å². The fourth-order valence-electron chi connectivity index (χ4n) is 4.50. The highest BCUT2D eigenvalue weighted by atomic mass is 32.2. The third-order valence-electron chi connectivity index (χ3n) is 6.20. The van der Waals surface area contributed by atoms with Crippen molar-refractivity contribution in [2.45, 2.75) is 56.4 Å². The Hall–Kier alpha value is -1.85. The van der Waals surface area contributed by atoms with Crippen molar-refractivity contribution in [1.82, 2.24) is 0 Å². The molecule has 5 heteroatoms. The standard InChI is InChI=1S/C23H30O4S/c1-4-6-14-23(5-2)16-28(25,26)20-13-12-18(27-3)15-19(20)21(22(23)24)17-10-8-7-9-11-17/h7-13,15,21-22,24H,4-6,14,16H2,1-3H3/t21?,22?,23-/m1/s1. The molecule has 0 fully saturated rings. The topological polar surface area (TPSA) is 63.6 Å². The lowest BCUT2D eigenvalue weighted by molar-refractivity contribution is 0.0174. The summed E-state index contributed by atoms with van der Waals surface area (Å²) in [7, 11) is -1.98. The molecule has 0 aromatic heterocycles. The van der Waals surface area contributed by atoms with Gasteiger partial charge in [-0.3, -0.25) is 0 Å². The first-order valence-electron chi connectivity index (χ1n) is 10.0. The zero-order chi connectivity index (χ0) is 20.4. The van der Waals surface area contributed by atoms with E-state index in [4.69, 9.17) is 4.74 Å². The van der Waals surface area contributed by atoms with Crippen LogP contribution in [0.1, 0.15) is 56.6 Å².